The number of hydrogen-bond acceptors (Lipinski definition) is 4. The summed E-state index contributed by atoms with van der Waals surface area (Å²) in [6.07, 6.45) is -0.777. The Balaban J connectivity index is 1.50. The van der Waals surface area contributed by atoms with Gasteiger partial charge in [0.25, 0.3) is 11.8 Å². The predicted octanol–water partition coefficient (Wildman–Crippen LogP) is 4.67. The largest absolute Gasteiger partial charge is 0.483 e. The number of halogens is 2. The van der Waals surface area contributed by atoms with Crippen LogP contribution in [-0.2, 0) is 9.59 Å². The van der Waals surface area contributed by atoms with E-state index in [0.717, 1.165) is 25.3 Å². The van der Waals surface area contributed by atoms with Crippen molar-refractivity contribution in [2.45, 2.75) is 20.0 Å². The summed E-state index contributed by atoms with van der Waals surface area (Å²) in [7, 11) is 0. The van der Waals surface area contributed by atoms with E-state index in [1.54, 1.807) is 19.1 Å². The van der Waals surface area contributed by atoms with Crippen molar-refractivity contribution in [3.05, 3.63) is 69.1 Å². The SMILES string of the molecule is Cc1ccccc1OC(C)C(=O)NNC(=O)COc1ccc2cc(Br)ccc2c1Br. The Morgan fingerprint density at radius 2 is 1.77 bits per heavy atom. The molecule has 0 heterocycles. The molecule has 0 radical (unpaired) electrons. The van der Waals surface area contributed by atoms with E-state index in [1.807, 2.05) is 49.4 Å². The van der Waals surface area contributed by atoms with E-state index in [-0.39, 0.29) is 6.61 Å². The fourth-order valence-corrected chi connectivity index (χ4v) is 3.69. The zero-order chi connectivity index (χ0) is 21.7. The molecule has 0 aliphatic rings. The lowest BCUT2D eigenvalue weighted by atomic mass is 10.1. The van der Waals surface area contributed by atoms with Gasteiger partial charge in [-0.15, -0.1) is 0 Å². The maximum Gasteiger partial charge on any atom is 0.279 e. The van der Waals surface area contributed by atoms with Gasteiger partial charge in [-0.25, -0.2) is 0 Å². The van der Waals surface area contributed by atoms with Crippen LogP contribution in [0.2, 0.25) is 0 Å². The molecule has 0 spiro atoms. The highest BCUT2D eigenvalue weighted by atomic mass is 79.9. The van der Waals surface area contributed by atoms with E-state index < -0.39 is 17.9 Å². The average molecular weight is 536 g/mol. The van der Waals surface area contributed by atoms with Gasteiger partial charge in [-0.1, -0.05) is 46.3 Å². The van der Waals surface area contributed by atoms with E-state index in [9.17, 15) is 9.59 Å². The Bertz CT molecular complexity index is 1090. The molecule has 0 saturated carbocycles. The number of para-hydroxylation sites is 1. The normalized spacial score (nSPS) is 11.6. The van der Waals surface area contributed by atoms with Gasteiger partial charge in [0, 0.05) is 4.47 Å². The molecule has 0 saturated heterocycles. The van der Waals surface area contributed by atoms with Gasteiger partial charge in [0.1, 0.15) is 11.5 Å². The third kappa shape index (κ3) is 5.52. The number of hydrogen-bond donors (Lipinski definition) is 2. The minimum Gasteiger partial charge on any atom is -0.483 e. The van der Waals surface area contributed by atoms with Gasteiger partial charge < -0.3 is 9.47 Å². The number of carbonyl (C=O) groups is 2. The minimum absolute atomic E-state index is 0.256. The molecule has 2 amide bonds. The molecule has 0 aliphatic carbocycles. The molecular weight excluding hydrogens is 516 g/mol. The van der Waals surface area contributed by atoms with Gasteiger partial charge in [0.2, 0.25) is 0 Å². The molecule has 0 bridgehead atoms. The minimum atomic E-state index is -0.777. The molecule has 2 N–H and O–H groups in total. The van der Waals surface area contributed by atoms with Gasteiger partial charge in [-0.3, -0.25) is 20.4 Å². The third-order valence-electron chi connectivity index (χ3n) is 4.33. The fourth-order valence-electron chi connectivity index (χ4n) is 2.70. The molecular formula is C22H20Br2N2O4. The summed E-state index contributed by atoms with van der Waals surface area (Å²) in [4.78, 5) is 24.2. The van der Waals surface area contributed by atoms with Crippen LogP contribution in [0.15, 0.2) is 63.5 Å². The summed E-state index contributed by atoms with van der Waals surface area (Å²) in [5.74, 6) is 0.184. The van der Waals surface area contributed by atoms with Crippen molar-refractivity contribution in [1.82, 2.24) is 10.9 Å². The van der Waals surface area contributed by atoms with Crippen LogP contribution in [0.4, 0.5) is 0 Å². The molecule has 0 aromatic heterocycles. The molecule has 30 heavy (non-hydrogen) atoms. The molecule has 0 fully saturated rings. The Morgan fingerprint density at radius 1 is 1.00 bits per heavy atom. The topological polar surface area (TPSA) is 76.7 Å². The zero-order valence-corrected chi connectivity index (χ0v) is 19.5. The monoisotopic (exact) mass is 534 g/mol. The first-order valence-electron chi connectivity index (χ1n) is 9.16. The van der Waals surface area contributed by atoms with Crippen molar-refractivity contribution >= 4 is 54.4 Å². The summed E-state index contributed by atoms with van der Waals surface area (Å²) >= 11 is 6.96. The second kappa shape index (κ2) is 9.95. The van der Waals surface area contributed by atoms with Crippen molar-refractivity contribution in [3.63, 3.8) is 0 Å². The molecule has 1 unspecified atom stereocenters. The van der Waals surface area contributed by atoms with Crippen molar-refractivity contribution in [1.29, 1.82) is 0 Å². The lowest BCUT2D eigenvalue weighted by Crippen LogP contribution is -2.48. The Labute approximate surface area is 191 Å². The molecule has 1 atom stereocenters. The standard InChI is InChI=1S/C22H20Br2N2O4/c1-13-5-3-4-6-18(13)30-14(2)22(28)26-25-20(27)12-29-19-10-7-15-11-16(23)8-9-17(15)21(19)24/h3-11,14H,12H2,1-2H3,(H,25,27)(H,26,28). The smallest absolute Gasteiger partial charge is 0.279 e. The van der Waals surface area contributed by atoms with Crippen molar-refractivity contribution < 1.29 is 19.1 Å². The van der Waals surface area contributed by atoms with Crippen LogP contribution in [-0.4, -0.2) is 24.5 Å². The molecule has 3 rings (SSSR count). The van der Waals surface area contributed by atoms with Crippen LogP contribution in [0.1, 0.15) is 12.5 Å². The second-order valence-electron chi connectivity index (χ2n) is 6.59. The van der Waals surface area contributed by atoms with Crippen LogP contribution < -0.4 is 20.3 Å². The highest BCUT2D eigenvalue weighted by molar-refractivity contribution is 9.11. The maximum absolute atomic E-state index is 12.2. The summed E-state index contributed by atoms with van der Waals surface area (Å²) in [5, 5.41) is 1.99. The van der Waals surface area contributed by atoms with Crippen molar-refractivity contribution in [2.24, 2.45) is 0 Å². The molecule has 3 aromatic carbocycles. The summed E-state index contributed by atoms with van der Waals surface area (Å²) in [5.41, 5.74) is 5.60. The van der Waals surface area contributed by atoms with Crippen LogP contribution in [0, 0.1) is 6.92 Å². The molecule has 3 aromatic rings. The quantitative estimate of drug-likeness (QED) is 0.450. The number of amides is 2. The summed E-state index contributed by atoms with van der Waals surface area (Å²) in [6, 6.07) is 17.0. The Kier molecular flexibility index (Phi) is 7.33. The average Bonchev–Trinajstić information content (AvgIpc) is 2.73. The number of benzene rings is 3. The van der Waals surface area contributed by atoms with E-state index in [4.69, 9.17) is 9.47 Å². The van der Waals surface area contributed by atoms with E-state index in [1.165, 1.54) is 0 Å². The lowest BCUT2D eigenvalue weighted by molar-refractivity contribution is -0.133. The lowest BCUT2D eigenvalue weighted by Gasteiger charge is -2.16. The van der Waals surface area contributed by atoms with Gasteiger partial charge in [0.05, 0.1) is 4.47 Å². The molecule has 0 aliphatic heterocycles. The number of fused-ring (bicyclic) bond motifs is 1. The van der Waals surface area contributed by atoms with Crippen LogP contribution in [0.25, 0.3) is 10.8 Å². The number of rotatable bonds is 6. The zero-order valence-electron chi connectivity index (χ0n) is 16.4. The van der Waals surface area contributed by atoms with Crippen LogP contribution in [0.5, 0.6) is 11.5 Å². The maximum atomic E-state index is 12.2. The van der Waals surface area contributed by atoms with E-state index in [0.29, 0.717) is 11.5 Å². The van der Waals surface area contributed by atoms with Gasteiger partial charge >= 0.3 is 0 Å². The first kappa shape index (κ1) is 22.1. The first-order chi connectivity index (χ1) is 14.3. The summed E-state index contributed by atoms with van der Waals surface area (Å²) in [6.45, 7) is 3.24. The van der Waals surface area contributed by atoms with Crippen LogP contribution in [0.3, 0.4) is 0 Å². The van der Waals surface area contributed by atoms with E-state index in [2.05, 4.69) is 42.7 Å². The predicted molar refractivity (Wildman–Crippen MR) is 122 cm³/mol. The first-order valence-corrected chi connectivity index (χ1v) is 10.8. The number of nitrogens with one attached hydrogen (secondary N) is 2. The number of aryl methyl sites for hydroxylation is 1. The highest BCUT2D eigenvalue weighted by Crippen LogP contribution is 2.34. The number of ether oxygens (including phenoxy) is 2. The molecule has 8 heteroatoms. The second-order valence-corrected chi connectivity index (χ2v) is 8.30. The third-order valence-corrected chi connectivity index (χ3v) is 5.64. The molecule has 156 valence electrons. The van der Waals surface area contributed by atoms with Gasteiger partial charge in [-0.05, 0) is 70.4 Å². The highest BCUT2D eigenvalue weighted by Gasteiger charge is 2.16. The van der Waals surface area contributed by atoms with E-state index >= 15 is 0 Å². The van der Waals surface area contributed by atoms with Crippen LogP contribution >= 0.6 is 31.9 Å². The van der Waals surface area contributed by atoms with Gasteiger partial charge in [0.15, 0.2) is 12.7 Å². The summed E-state index contributed by atoms with van der Waals surface area (Å²) < 4.78 is 12.9. The number of hydrazine groups is 1. The van der Waals surface area contributed by atoms with Crippen molar-refractivity contribution in [2.75, 3.05) is 6.61 Å². The Hall–Kier alpha value is -2.58. The number of carbonyl (C=O) groups excluding carboxylic acids is 2. The fraction of sp³-hybridized carbons (Fsp3) is 0.182. The molecule has 6 nitrogen and oxygen atoms in total. The van der Waals surface area contributed by atoms with Gasteiger partial charge in [-0.2, -0.15) is 0 Å². The Morgan fingerprint density at radius 3 is 2.53 bits per heavy atom. The van der Waals surface area contributed by atoms with Crippen molar-refractivity contribution in [3.8, 4) is 11.5 Å².